The number of rotatable bonds is 4. The van der Waals surface area contributed by atoms with Gasteiger partial charge in [-0.1, -0.05) is 12.1 Å². The molecule has 1 aliphatic rings. The van der Waals surface area contributed by atoms with Gasteiger partial charge in [-0.3, -0.25) is 4.79 Å². The minimum atomic E-state index is -0.0195. The monoisotopic (exact) mass is 302 g/mol. The molecular weight excluding hydrogens is 284 g/mol. The Balaban J connectivity index is 1.82. The Labute approximate surface area is 128 Å². The van der Waals surface area contributed by atoms with Crippen LogP contribution in [0.15, 0.2) is 30.3 Å². The molecule has 5 heteroatoms. The van der Waals surface area contributed by atoms with E-state index in [2.05, 4.69) is 10.6 Å². The third-order valence-electron chi connectivity index (χ3n) is 3.61. The molecular formula is C16H18N2O2S. The molecule has 3 rings (SSSR count). The van der Waals surface area contributed by atoms with Gasteiger partial charge in [0.05, 0.1) is 4.88 Å². The van der Waals surface area contributed by atoms with Gasteiger partial charge in [0.15, 0.2) is 0 Å². The van der Waals surface area contributed by atoms with Gasteiger partial charge >= 0.3 is 0 Å². The van der Waals surface area contributed by atoms with Crippen LogP contribution in [-0.2, 0) is 6.61 Å². The molecule has 21 heavy (non-hydrogen) atoms. The van der Waals surface area contributed by atoms with Gasteiger partial charge in [-0.15, -0.1) is 11.3 Å². The molecule has 4 nitrogen and oxygen atoms in total. The third-order valence-corrected chi connectivity index (χ3v) is 4.82. The number of ether oxygens (including phenoxy) is 1. The lowest BCUT2D eigenvalue weighted by molar-refractivity contribution is 0.0954. The molecule has 0 aliphatic carbocycles. The fourth-order valence-corrected chi connectivity index (χ4v) is 3.36. The molecule has 1 unspecified atom stereocenters. The number of para-hydroxylation sites is 1. The SMILES string of the molecule is CNC(C)CNC(=O)c1cc2c(s1)-c1ccccc1OC2. The van der Waals surface area contributed by atoms with Crippen molar-refractivity contribution in [1.82, 2.24) is 10.6 Å². The Bertz CT molecular complexity index is 666. The maximum Gasteiger partial charge on any atom is 0.261 e. The van der Waals surface area contributed by atoms with E-state index in [1.54, 1.807) is 0 Å². The lowest BCUT2D eigenvalue weighted by Crippen LogP contribution is -2.36. The largest absolute Gasteiger partial charge is 0.488 e. The number of carbonyl (C=O) groups is 1. The highest BCUT2D eigenvalue weighted by Crippen LogP contribution is 2.42. The smallest absolute Gasteiger partial charge is 0.261 e. The van der Waals surface area contributed by atoms with Crippen LogP contribution < -0.4 is 15.4 Å². The van der Waals surface area contributed by atoms with Gasteiger partial charge < -0.3 is 15.4 Å². The van der Waals surface area contributed by atoms with E-state index in [1.165, 1.54) is 11.3 Å². The summed E-state index contributed by atoms with van der Waals surface area (Å²) in [7, 11) is 1.88. The number of hydrogen-bond acceptors (Lipinski definition) is 4. The number of benzene rings is 1. The summed E-state index contributed by atoms with van der Waals surface area (Å²) >= 11 is 1.53. The fourth-order valence-electron chi connectivity index (χ4n) is 2.25. The van der Waals surface area contributed by atoms with E-state index < -0.39 is 0 Å². The van der Waals surface area contributed by atoms with Crippen LogP contribution in [-0.4, -0.2) is 25.5 Å². The number of likely N-dealkylation sites (N-methyl/N-ethyl adjacent to an activating group) is 1. The second-order valence-electron chi connectivity index (χ2n) is 5.15. The molecule has 1 aromatic heterocycles. The summed E-state index contributed by atoms with van der Waals surface area (Å²) in [6.45, 7) is 3.18. The van der Waals surface area contributed by atoms with Gasteiger partial charge in [-0.25, -0.2) is 0 Å². The maximum atomic E-state index is 12.2. The minimum absolute atomic E-state index is 0.0195. The summed E-state index contributed by atoms with van der Waals surface area (Å²) in [4.78, 5) is 14.1. The molecule has 0 saturated carbocycles. The van der Waals surface area contributed by atoms with E-state index in [1.807, 2.05) is 44.3 Å². The second kappa shape index (κ2) is 5.87. The Morgan fingerprint density at radius 3 is 3.05 bits per heavy atom. The Kier molecular flexibility index (Phi) is 3.94. The van der Waals surface area contributed by atoms with Crippen molar-refractivity contribution in [2.24, 2.45) is 0 Å². The van der Waals surface area contributed by atoms with Crippen molar-refractivity contribution in [3.05, 3.63) is 40.8 Å². The fraction of sp³-hybridized carbons (Fsp3) is 0.312. The molecule has 0 fully saturated rings. The van der Waals surface area contributed by atoms with Gasteiger partial charge in [0, 0.05) is 28.6 Å². The molecule has 110 valence electrons. The normalized spacial score (nSPS) is 13.8. The van der Waals surface area contributed by atoms with Crippen molar-refractivity contribution in [3.8, 4) is 16.2 Å². The quantitative estimate of drug-likeness (QED) is 0.913. The highest BCUT2D eigenvalue weighted by Gasteiger charge is 2.22. The minimum Gasteiger partial charge on any atom is -0.488 e. The number of fused-ring (bicyclic) bond motifs is 3. The van der Waals surface area contributed by atoms with E-state index in [-0.39, 0.29) is 11.9 Å². The molecule has 1 aliphatic heterocycles. The summed E-state index contributed by atoms with van der Waals surface area (Å²) in [6, 6.07) is 10.2. The Morgan fingerprint density at radius 1 is 1.43 bits per heavy atom. The summed E-state index contributed by atoms with van der Waals surface area (Å²) < 4.78 is 5.72. The lowest BCUT2D eigenvalue weighted by Gasteiger charge is -2.16. The zero-order valence-electron chi connectivity index (χ0n) is 12.1. The van der Waals surface area contributed by atoms with Crippen LogP contribution in [0.2, 0.25) is 0 Å². The van der Waals surface area contributed by atoms with Crippen LogP contribution in [0.5, 0.6) is 5.75 Å². The van der Waals surface area contributed by atoms with Crippen LogP contribution >= 0.6 is 11.3 Å². The zero-order valence-corrected chi connectivity index (χ0v) is 12.9. The first-order valence-electron chi connectivity index (χ1n) is 6.99. The van der Waals surface area contributed by atoms with Crippen LogP contribution in [0.25, 0.3) is 10.4 Å². The zero-order chi connectivity index (χ0) is 14.8. The summed E-state index contributed by atoms with van der Waals surface area (Å²) in [6.07, 6.45) is 0. The van der Waals surface area contributed by atoms with Crippen LogP contribution in [0.3, 0.4) is 0 Å². The summed E-state index contributed by atoms with van der Waals surface area (Å²) in [5.74, 6) is 0.872. The van der Waals surface area contributed by atoms with E-state index >= 15 is 0 Å². The average molecular weight is 302 g/mol. The van der Waals surface area contributed by atoms with E-state index in [4.69, 9.17) is 4.74 Å². The molecule has 0 bridgehead atoms. The van der Waals surface area contributed by atoms with Crippen LogP contribution in [0.1, 0.15) is 22.2 Å². The van der Waals surface area contributed by atoms with Crippen molar-refractivity contribution in [3.63, 3.8) is 0 Å². The standard InChI is InChI=1S/C16H18N2O2S/c1-10(17-2)8-18-16(19)14-7-11-9-20-13-6-4-3-5-12(13)15(11)21-14/h3-7,10,17H,8-9H2,1-2H3,(H,18,19). The first-order chi connectivity index (χ1) is 10.2. The first kappa shape index (κ1) is 14.1. The van der Waals surface area contributed by atoms with Crippen molar-refractivity contribution in [2.75, 3.05) is 13.6 Å². The second-order valence-corrected chi connectivity index (χ2v) is 6.20. The average Bonchev–Trinajstić information content (AvgIpc) is 2.96. The highest BCUT2D eigenvalue weighted by atomic mass is 32.1. The topological polar surface area (TPSA) is 50.4 Å². The molecule has 1 aromatic carbocycles. The number of amides is 1. The van der Waals surface area contributed by atoms with Crippen LogP contribution in [0, 0.1) is 0 Å². The number of thiophene rings is 1. The third kappa shape index (κ3) is 2.80. The lowest BCUT2D eigenvalue weighted by atomic mass is 10.1. The van der Waals surface area contributed by atoms with Crippen molar-refractivity contribution in [1.29, 1.82) is 0 Å². The molecule has 2 N–H and O–H groups in total. The van der Waals surface area contributed by atoms with Gasteiger partial charge in [0.2, 0.25) is 0 Å². The van der Waals surface area contributed by atoms with Gasteiger partial charge in [0.1, 0.15) is 12.4 Å². The predicted molar refractivity (Wildman–Crippen MR) is 84.9 cm³/mol. The molecule has 0 saturated heterocycles. The Hall–Kier alpha value is -1.85. The molecule has 1 atom stereocenters. The van der Waals surface area contributed by atoms with Gasteiger partial charge in [-0.2, -0.15) is 0 Å². The van der Waals surface area contributed by atoms with Gasteiger partial charge in [0.25, 0.3) is 5.91 Å². The highest BCUT2D eigenvalue weighted by molar-refractivity contribution is 7.17. The molecule has 1 amide bonds. The van der Waals surface area contributed by atoms with E-state index in [0.29, 0.717) is 13.2 Å². The molecule has 0 spiro atoms. The number of carbonyl (C=O) groups excluding carboxylic acids is 1. The van der Waals surface area contributed by atoms with Gasteiger partial charge in [-0.05, 0) is 32.2 Å². The Morgan fingerprint density at radius 2 is 2.24 bits per heavy atom. The molecule has 2 heterocycles. The van der Waals surface area contributed by atoms with Crippen molar-refractivity contribution < 1.29 is 9.53 Å². The van der Waals surface area contributed by atoms with Crippen molar-refractivity contribution in [2.45, 2.75) is 19.6 Å². The summed E-state index contributed by atoms with van der Waals surface area (Å²) in [5.41, 5.74) is 2.16. The van der Waals surface area contributed by atoms with E-state index in [0.717, 1.165) is 26.6 Å². The summed E-state index contributed by atoms with van der Waals surface area (Å²) in [5, 5.41) is 6.05. The van der Waals surface area contributed by atoms with Crippen molar-refractivity contribution >= 4 is 17.2 Å². The number of hydrogen-bond donors (Lipinski definition) is 2. The molecule has 0 radical (unpaired) electrons. The number of nitrogens with one attached hydrogen (secondary N) is 2. The molecule has 2 aromatic rings. The van der Waals surface area contributed by atoms with Crippen LogP contribution in [0.4, 0.5) is 0 Å². The first-order valence-corrected chi connectivity index (χ1v) is 7.81. The predicted octanol–water partition coefficient (Wildman–Crippen LogP) is 2.65. The maximum absolute atomic E-state index is 12.2. The van der Waals surface area contributed by atoms with E-state index in [9.17, 15) is 4.79 Å².